The highest BCUT2D eigenvalue weighted by Crippen LogP contribution is 2.49. The number of para-hydroxylation sites is 1. The number of ether oxygens (including phenoxy) is 2. The molecule has 0 aliphatic carbocycles. The minimum absolute atomic E-state index is 0.197. The maximum absolute atomic E-state index is 15.0. The quantitative estimate of drug-likeness (QED) is 0.192. The number of nitrogens with one attached hydrogen (secondary N) is 2. The van der Waals surface area contributed by atoms with Crippen molar-refractivity contribution in [2.75, 3.05) is 18.4 Å². The zero-order chi connectivity index (χ0) is 34.7. The average molecular weight is 668 g/mol. The molecule has 0 fully saturated rings. The van der Waals surface area contributed by atoms with Crippen molar-refractivity contribution in [3.05, 3.63) is 118 Å². The minimum Gasteiger partial charge on any atom is -0.444 e. The molecule has 1 atom stereocenters. The van der Waals surface area contributed by atoms with Gasteiger partial charge >= 0.3 is 0 Å². The van der Waals surface area contributed by atoms with Crippen molar-refractivity contribution < 1.29 is 18.7 Å². The molecule has 0 saturated heterocycles. The number of nitrogens with zero attached hydrogens (tertiary/aromatic N) is 5. The molecule has 250 valence electrons. The fourth-order valence-corrected chi connectivity index (χ4v) is 6.96. The second kappa shape index (κ2) is 11.9. The first-order valence-electron chi connectivity index (χ1n) is 16.4. The Labute approximate surface area is 287 Å². The lowest BCUT2D eigenvalue weighted by atomic mass is 9.98. The van der Waals surface area contributed by atoms with E-state index in [9.17, 15) is 9.18 Å². The van der Waals surface area contributed by atoms with Gasteiger partial charge in [0.15, 0.2) is 11.5 Å². The van der Waals surface area contributed by atoms with E-state index < -0.39 is 11.6 Å². The Morgan fingerprint density at radius 1 is 1.12 bits per heavy atom. The fourth-order valence-electron chi connectivity index (χ4n) is 6.96. The van der Waals surface area contributed by atoms with Crippen LogP contribution in [0.4, 0.5) is 10.1 Å². The molecule has 1 unspecified atom stereocenters. The summed E-state index contributed by atoms with van der Waals surface area (Å²) in [5.41, 5.74) is 8.33. The summed E-state index contributed by atoms with van der Waals surface area (Å²) in [5, 5.41) is 20.5. The summed E-state index contributed by atoms with van der Waals surface area (Å²) in [6, 6.07) is 21.5. The molecule has 0 saturated carbocycles. The lowest BCUT2D eigenvalue weighted by molar-refractivity contribution is -0.0708. The summed E-state index contributed by atoms with van der Waals surface area (Å²) in [4.78, 5) is 20.5. The Kier molecular flexibility index (Phi) is 7.42. The number of aryl methyl sites for hydroxylation is 3. The van der Waals surface area contributed by atoms with Crippen LogP contribution in [0.1, 0.15) is 57.5 Å². The number of rotatable bonds is 6. The first kappa shape index (κ1) is 31.3. The monoisotopic (exact) mass is 667 g/mol. The molecule has 2 aliphatic heterocycles. The molecule has 2 aliphatic rings. The molecule has 11 heteroatoms. The van der Waals surface area contributed by atoms with Gasteiger partial charge < -0.3 is 19.4 Å². The Hall–Kier alpha value is -5.99. The Bertz CT molecular complexity index is 2440. The van der Waals surface area contributed by atoms with E-state index in [4.69, 9.17) is 19.7 Å². The molecule has 6 aromatic rings. The van der Waals surface area contributed by atoms with Gasteiger partial charge in [-0.05, 0) is 86.0 Å². The van der Waals surface area contributed by atoms with Crippen LogP contribution in [-0.2, 0) is 19.4 Å². The van der Waals surface area contributed by atoms with E-state index in [1.54, 1.807) is 19.1 Å². The summed E-state index contributed by atoms with van der Waals surface area (Å²) in [5.74, 6) is -0.0653. The number of nitriles is 1. The van der Waals surface area contributed by atoms with Gasteiger partial charge in [0.1, 0.15) is 11.6 Å². The van der Waals surface area contributed by atoms with Crippen LogP contribution in [-0.4, -0.2) is 43.6 Å². The van der Waals surface area contributed by atoms with Gasteiger partial charge in [-0.25, -0.2) is 9.37 Å². The number of halogens is 1. The molecular formula is C39H34FN7O3. The van der Waals surface area contributed by atoms with Crippen molar-refractivity contribution in [2.24, 2.45) is 7.05 Å². The van der Waals surface area contributed by atoms with E-state index in [-0.39, 0.29) is 17.0 Å². The Morgan fingerprint density at radius 3 is 2.76 bits per heavy atom. The number of aromatic amines is 1. The highest BCUT2D eigenvalue weighted by Gasteiger charge is 2.42. The van der Waals surface area contributed by atoms with Crippen LogP contribution in [0.15, 0.2) is 72.8 Å². The SMILES string of the molecule is Cc1[nH]nc2c(C)cc(NC(=O)c3ccc4c(c3)nc(CN3CC=C(c5cccc6c5OC(C)(c5ccc(C#N)cc5F)O6)CC3)n4C)cc12. The highest BCUT2D eigenvalue weighted by molar-refractivity contribution is 6.07. The molecule has 4 heterocycles. The number of H-pyrrole nitrogens is 1. The third-order valence-electron chi connectivity index (χ3n) is 9.71. The molecule has 10 nitrogen and oxygen atoms in total. The largest absolute Gasteiger partial charge is 0.444 e. The van der Waals surface area contributed by atoms with Crippen LogP contribution in [0, 0.1) is 31.0 Å². The predicted octanol–water partition coefficient (Wildman–Crippen LogP) is 7.26. The second-order valence-corrected chi connectivity index (χ2v) is 13.1. The number of fused-ring (bicyclic) bond motifs is 3. The lowest BCUT2D eigenvalue weighted by Crippen LogP contribution is -2.33. The van der Waals surface area contributed by atoms with Gasteiger partial charge in [-0.1, -0.05) is 18.2 Å². The third-order valence-corrected chi connectivity index (χ3v) is 9.71. The van der Waals surface area contributed by atoms with Crippen LogP contribution in [0.5, 0.6) is 11.5 Å². The molecule has 50 heavy (non-hydrogen) atoms. The van der Waals surface area contributed by atoms with Gasteiger partial charge in [-0.2, -0.15) is 10.4 Å². The van der Waals surface area contributed by atoms with Crippen molar-refractivity contribution in [2.45, 2.75) is 39.5 Å². The summed E-state index contributed by atoms with van der Waals surface area (Å²) >= 11 is 0. The van der Waals surface area contributed by atoms with Crippen molar-refractivity contribution in [3.63, 3.8) is 0 Å². The molecule has 8 rings (SSSR count). The smallest absolute Gasteiger partial charge is 0.278 e. The summed E-state index contributed by atoms with van der Waals surface area (Å²) in [6.07, 6.45) is 2.97. The van der Waals surface area contributed by atoms with Gasteiger partial charge in [0.05, 0.1) is 40.3 Å². The van der Waals surface area contributed by atoms with E-state index >= 15 is 0 Å². The number of anilines is 1. The van der Waals surface area contributed by atoms with Crippen molar-refractivity contribution >= 4 is 39.1 Å². The van der Waals surface area contributed by atoms with E-state index in [1.807, 2.05) is 75.5 Å². The third kappa shape index (κ3) is 5.34. The van der Waals surface area contributed by atoms with Crippen LogP contribution in [0.2, 0.25) is 0 Å². The van der Waals surface area contributed by atoms with E-state index in [1.165, 1.54) is 6.07 Å². The number of benzene rings is 4. The zero-order valence-corrected chi connectivity index (χ0v) is 28.1. The predicted molar refractivity (Wildman–Crippen MR) is 188 cm³/mol. The molecule has 1 amide bonds. The van der Waals surface area contributed by atoms with Gasteiger partial charge in [0.2, 0.25) is 0 Å². The molecule has 2 N–H and O–H groups in total. The fraction of sp³-hybridized carbons (Fsp3) is 0.231. The first-order valence-corrected chi connectivity index (χ1v) is 16.4. The molecule has 0 spiro atoms. The number of imidazole rings is 1. The topological polar surface area (TPSA) is 121 Å². The Morgan fingerprint density at radius 2 is 1.98 bits per heavy atom. The van der Waals surface area contributed by atoms with Crippen LogP contribution in [0.3, 0.4) is 0 Å². The van der Waals surface area contributed by atoms with Crippen molar-refractivity contribution in [1.29, 1.82) is 5.26 Å². The van der Waals surface area contributed by atoms with Crippen molar-refractivity contribution in [1.82, 2.24) is 24.6 Å². The number of amides is 1. The van der Waals surface area contributed by atoms with E-state index in [0.717, 1.165) is 68.8 Å². The number of aromatic nitrogens is 4. The van der Waals surface area contributed by atoms with Crippen LogP contribution < -0.4 is 14.8 Å². The summed E-state index contributed by atoms with van der Waals surface area (Å²) < 4.78 is 29.5. The molecular weight excluding hydrogens is 633 g/mol. The summed E-state index contributed by atoms with van der Waals surface area (Å²) in [7, 11) is 2.00. The van der Waals surface area contributed by atoms with E-state index in [2.05, 4.69) is 31.1 Å². The molecule has 0 radical (unpaired) electrons. The lowest BCUT2D eigenvalue weighted by Gasteiger charge is -2.27. The van der Waals surface area contributed by atoms with Crippen LogP contribution >= 0.6 is 0 Å². The average Bonchev–Trinajstić information content (AvgIpc) is 3.76. The van der Waals surface area contributed by atoms with E-state index in [0.29, 0.717) is 30.2 Å². The zero-order valence-electron chi connectivity index (χ0n) is 28.1. The first-order chi connectivity index (χ1) is 24.1. The molecule has 0 bridgehead atoms. The second-order valence-electron chi connectivity index (χ2n) is 13.1. The number of hydrogen-bond donors (Lipinski definition) is 2. The number of carbonyl (C=O) groups is 1. The Balaban J connectivity index is 0.967. The van der Waals surface area contributed by atoms with Gasteiger partial charge in [0.25, 0.3) is 11.7 Å². The normalized spacial score (nSPS) is 17.2. The maximum Gasteiger partial charge on any atom is 0.278 e. The van der Waals surface area contributed by atoms with Crippen LogP contribution in [0.25, 0.3) is 27.5 Å². The number of hydrogen-bond acceptors (Lipinski definition) is 7. The maximum atomic E-state index is 15.0. The number of carbonyl (C=O) groups excluding carboxylic acids is 1. The van der Waals surface area contributed by atoms with Gasteiger partial charge in [-0.15, -0.1) is 0 Å². The molecule has 4 aromatic carbocycles. The summed E-state index contributed by atoms with van der Waals surface area (Å²) in [6.45, 7) is 7.78. The van der Waals surface area contributed by atoms with Crippen molar-refractivity contribution in [3.8, 4) is 17.6 Å². The van der Waals surface area contributed by atoms with Gasteiger partial charge in [0, 0.05) is 55.0 Å². The van der Waals surface area contributed by atoms with Gasteiger partial charge in [-0.3, -0.25) is 14.8 Å². The molecule has 2 aromatic heterocycles. The highest BCUT2D eigenvalue weighted by atomic mass is 19.1. The standard InChI is InChI=1S/C39H34FN7O3/c1-22-16-27(19-29-23(2)44-45-36(22)29)42-38(48)26-9-11-33-32(18-26)43-35(46(33)4)21-47-14-12-25(13-15-47)28-6-5-7-34-37(28)50-39(3,49-34)30-10-8-24(20-41)17-31(30)40/h5-12,16-19H,13-15,21H2,1-4H3,(H,42,48)(H,44,45). The minimum atomic E-state index is -1.36.